The molecule has 36 heavy (non-hydrogen) atoms. The van der Waals surface area contributed by atoms with Crippen molar-refractivity contribution in [1.82, 2.24) is 0 Å². The zero-order chi connectivity index (χ0) is 26.3. The van der Waals surface area contributed by atoms with Gasteiger partial charge in [0.15, 0.2) is 13.6 Å². The molecule has 9 heteroatoms. The molecule has 0 amide bonds. The number of ketones is 1. The summed E-state index contributed by atoms with van der Waals surface area (Å²) in [6, 6.07) is 8.21. The van der Waals surface area contributed by atoms with E-state index < -0.39 is 24.3 Å². The number of ether oxygens (including phenoxy) is 5. The van der Waals surface area contributed by atoms with Gasteiger partial charge in [-0.1, -0.05) is 25.3 Å². The molecule has 0 bridgehead atoms. The number of benzene rings is 2. The maximum absolute atomic E-state index is 14.3. The third-order valence-corrected chi connectivity index (χ3v) is 8.44. The van der Waals surface area contributed by atoms with Crippen molar-refractivity contribution in [3.8, 4) is 28.7 Å². The monoisotopic (exact) mass is 517 g/mol. The van der Waals surface area contributed by atoms with Crippen molar-refractivity contribution in [2.45, 2.75) is 51.1 Å². The average molecular weight is 518 g/mol. The zero-order valence-corrected chi connectivity index (χ0v) is 22.4. The van der Waals surface area contributed by atoms with Gasteiger partial charge >= 0.3 is 0 Å². The normalized spacial score (nSPS) is 15.0. The lowest BCUT2D eigenvalue weighted by atomic mass is 9.82. The molecule has 2 aromatic rings. The Balaban J connectivity index is 2.17. The Morgan fingerprint density at radius 3 is 1.78 bits per heavy atom. The number of Topliss-reactive ketones (excluding diaryl/α,β-unsaturated/α-hetero) is 1. The number of carbonyl (C=O) groups excluding carboxylic acids is 2. The molecule has 0 saturated heterocycles. The highest BCUT2D eigenvalue weighted by Gasteiger charge is 2.51. The van der Waals surface area contributed by atoms with Crippen LogP contribution in [0.1, 0.15) is 66.7 Å². The second-order valence-corrected chi connectivity index (χ2v) is 10.3. The zero-order valence-electron chi connectivity index (χ0n) is 21.5. The molecule has 1 unspecified atom stereocenters. The third-order valence-electron chi connectivity index (χ3n) is 6.42. The Hall–Kier alpha value is -3.12. The molecule has 0 heterocycles. The van der Waals surface area contributed by atoms with Crippen molar-refractivity contribution >= 4 is 19.1 Å². The van der Waals surface area contributed by atoms with Gasteiger partial charge in [-0.2, -0.15) is 0 Å². The third kappa shape index (κ3) is 5.19. The van der Waals surface area contributed by atoms with Crippen LogP contribution in [0.5, 0.6) is 28.7 Å². The van der Waals surface area contributed by atoms with Crippen LogP contribution in [0.2, 0.25) is 0 Å². The van der Waals surface area contributed by atoms with E-state index >= 15 is 0 Å². The number of hydrogen-bond donors (Lipinski definition) is 0. The molecule has 3 rings (SSSR count). The van der Waals surface area contributed by atoms with E-state index in [0.29, 0.717) is 56.1 Å². The highest BCUT2D eigenvalue weighted by Crippen LogP contribution is 2.55. The highest BCUT2D eigenvalue weighted by molar-refractivity contribution is 7.67. The van der Waals surface area contributed by atoms with Crippen molar-refractivity contribution in [2.75, 3.05) is 34.5 Å². The number of hydrogen-bond acceptors (Lipinski definition) is 8. The van der Waals surface area contributed by atoms with E-state index in [4.69, 9.17) is 23.7 Å². The Morgan fingerprint density at radius 2 is 1.33 bits per heavy atom. The van der Waals surface area contributed by atoms with Crippen LogP contribution in [0.15, 0.2) is 30.3 Å². The molecule has 1 aliphatic rings. The number of rotatable bonds is 12. The van der Waals surface area contributed by atoms with E-state index in [-0.39, 0.29) is 22.6 Å². The molecule has 1 aliphatic carbocycles. The van der Waals surface area contributed by atoms with Crippen LogP contribution in [0, 0.1) is 0 Å². The fraction of sp³-hybridized carbons (Fsp3) is 0.481. The van der Waals surface area contributed by atoms with Gasteiger partial charge in [0, 0.05) is 12.1 Å². The van der Waals surface area contributed by atoms with Crippen LogP contribution in [0.3, 0.4) is 0 Å². The molecule has 195 valence electrons. The van der Waals surface area contributed by atoms with Crippen molar-refractivity contribution < 1.29 is 37.8 Å². The fourth-order valence-corrected chi connectivity index (χ4v) is 6.52. The molecule has 0 spiro atoms. The van der Waals surface area contributed by atoms with E-state index in [0.717, 1.165) is 6.42 Å². The topological polar surface area (TPSA) is 97.4 Å². The van der Waals surface area contributed by atoms with E-state index in [1.54, 1.807) is 18.2 Å². The minimum absolute atomic E-state index is 0.0304. The Morgan fingerprint density at radius 1 is 0.806 bits per heavy atom. The largest absolute Gasteiger partial charge is 0.496 e. The summed E-state index contributed by atoms with van der Waals surface area (Å²) in [5.74, 6) is 1.08. The van der Waals surface area contributed by atoms with E-state index in [9.17, 15) is 14.2 Å². The molecular formula is C27H34O8P. The lowest BCUT2D eigenvalue weighted by Crippen LogP contribution is -2.39. The van der Waals surface area contributed by atoms with Gasteiger partial charge in [0.2, 0.25) is 5.52 Å². The number of carbonyl (C=O) groups is 2. The van der Waals surface area contributed by atoms with Gasteiger partial charge in [0.1, 0.15) is 45.0 Å². The summed E-state index contributed by atoms with van der Waals surface area (Å²) >= 11 is 0. The Labute approximate surface area is 213 Å². The van der Waals surface area contributed by atoms with Gasteiger partial charge in [0.25, 0.3) is 0 Å². The lowest BCUT2D eigenvalue weighted by Gasteiger charge is -2.35. The standard InChI is InChI=1S/C27H34O8P/c1-6-34-19-12-11-13-20(35-7-2)23(19)25(28)27(14-9-8-10-15-27)36(30)26(29)24-21(32-4)16-18(31-3)17-22(24)33-5/h11-13,16-17H,6-10,14-15H2,1-5H3. The van der Waals surface area contributed by atoms with Gasteiger partial charge in [-0.15, -0.1) is 0 Å². The van der Waals surface area contributed by atoms with Crippen LogP contribution < -0.4 is 23.7 Å². The minimum Gasteiger partial charge on any atom is -0.496 e. The average Bonchev–Trinajstić information content (AvgIpc) is 2.91. The van der Waals surface area contributed by atoms with E-state index in [1.165, 1.54) is 33.5 Å². The molecule has 8 nitrogen and oxygen atoms in total. The van der Waals surface area contributed by atoms with Crippen molar-refractivity contribution in [1.29, 1.82) is 0 Å². The quantitative estimate of drug-likeness (QED) is 0.247. The number of methoxy groups -OCH3 is 3. The van der Waals surface area contributed by atoms with Gasteiger partial charge < -0.3 is 23.7 Å². The second kappa shape index (κ2) is 12.2. The summed E-state index contributed by atoms with van der Waals surface area (Å²) in [4.78, 5) is 28.2. The molecule has 0 N–H and O–H groups in total. The van der Waals surface area contributed by atoms with E-state index in [2.05, 4.69) is 0 Å². The second-order valence-electron chi connectivity index (χ2n) is 8.42. The van der Waals surface area contributed by atoms with Crippen molar-refractivity contribution in [3.05, 3.63) is 41.5 Å². The smallest absolute Gasteiger partial charge is 0.250 e. The summed E-state index contributed by atoms with van der Waals surface area (Å²) in [7, 11) is 1.57. The molecule has 0 aromatic heterocycles. The summed E-state index contributed by atoms with van der Waals surface area (Å²) in [5.41, 5.74) is -0.431. The van der Waals surface area contributed by atoms with Gasteiger partial charge in [0.05, 0.1) is 34.5 Å². The molecule has 1 saturated carbocycles. The summed E-state index contributed by atoms with van der Waals surface area (Å²) < 4.78 is 41.9. The predicted molar refractivity (Wildman–Crippen MR) is 137 cm³/mol. The van der Waals surface area contributed by atoms with Crippen LogP contribution in [-0.4, -0.2) is 51.0 Å². The van der Waals surface area contributed by atoms with Crippen molar-refractivity contribution in [3.63, 3.8) is 0 Å². The first-order chi connectivity index (χ1) is 17.4. The first-order valence-corrected chi connectivity index (χ1v) is 13.4. The highest BCUT2D eigenvalue weighted by atomic mass is 31.1. The SMILES string of the molecule is CCOc1cccc(OCC)c1C(=O)C1([P](=O)C(=O)c2c(OC)cc(OC)cc2OC)CCCCC1. The Kier molecular flexibility index (Phi) is 9.32. The summed E-state index contributed by atoms with van der Waals surface area (Å²) in [5, 5.41) is -1.40. The maximum atomic E-state index is 14.3. The van der Waals surface area contributed by atoms with Crippen LogP contribution in [-0.2, 0) is 4.57 Å². The van der Waals surface area contributed by atoms with E-state index in [1.807, 2.05) is 13.8 Å². The molecule has 1 radical (unpaired) electrons. The summed E-state index contributed by atoms with van der Waals surface area (Å²) in [6.07, 6.45) is 2.89. The molecule has 1 atom stereocenters. The predicted octanol–water partition coefficient (Wildman–Crippen LogP) is 6.06. The first-order valence-electron chi connectivity index (χ1n) is 12.1. The van der Waals surface area contributed by atoms with Gasteiger partial charge in [-0.05, 0) is 38.8 Å². The molecule has 2 aromatic carbocycles. The Bertz CT molecular complexity index is 1070. The van der Waals surface area contributed by atoms with Crippen molar-refractivity contribution in [2.24, 2.45) is 0 Å². The van der Waals surface area contributed by atoms with Crippen LogP contribution in [0.4, 0.5) is 0 Å². The maximum Gasteiger partial charge on any atom is 0.250 e. The first kappa shape index (κ1) is 27.5. The minimum atomic E-state index is -2.73. The van der Waals surface area contributed by atoms with Gasteiger partial charge in [-0.3, -0.25) is 14.2 Å². The van der Waals surface area contributed by atoms with Gasteiger partial charge in [-0.25, -0.2) is 0 Å². The fourth-order valence-electron chi connectivity index (χ4n) is 4.69. The molecular weight excluding hydrogens is 483 g/mol. The molecule has 1 fully saturated rings. The molecule has 0 aliphatic heterocycles. The van der Waals surface area contributed by atoms with Crippen LogP contribution >= 0.6 is 7.80 Å². The lowest BCUT2D eigenvalue weighted by molar-refractivity contribution is 0.0895. The van der Waals surface area contributed by atoms with Crippen LogP contribution in [0.25, 0.3) is 0 Å². The summed E-state index contributed by atoms with van der Waals surface area (Å²) in [6.45, 7) is 4.33.